The highest BCUT2D eigenvalue weighted by Crippen LogP contribution is 2.46. The van der Waals surface area contributed by atoms with Gasteiger partial charge in [0, 0.05) is 12.3 Å². The lowest BCUT2D eigenvalue weighted by molar-refractivity contribution is 0.370. The van der Waals surface area contributed by atoms with Crippen LogP contribution in [0.25, 0.3) is 0 Å². The van der Waals surface area contributed by atoms with Crippen molar-refractivity contribution in [3.8, 4) is 18.1 Å². The maximum atomic E-state index is 12.0. The minimum absolute atomic E-state index is 0.179. The van der Waals surface area contributed by atoms with Crippen LogP contribution in [0, 0.1) is 18.3 Å². The molecule has 0 aliphatic heterocycles. The van der Waals surface area contributed by atoms with Gasteiger partial charge in [0.1, 0.15) is 12.4 Å². The van der Waals surface area contributed by atoms with Crippen molar-refractivity contribution in [3.63, 3.8) is 0 Å². The highest BCUT2D eigenvalue weighted by molar-refractivity contribution is 7.57. The molecular weight excluding hydrogens is 247 g/mol. The third kappa shape index (κ3) is 5.40. The van der Waals surface area contributed by atoms with Crippen LogP contribution in [-0.4, -0.2) is 17.7 Å². The maximum absolute atomic E-state index is 12.0. The Morgan fingerprint density at radius 2 is 2.22 bits per heavy atom. The van der Waals surface area contributed by atoms with Gasteiger partial charge in [-0.25, -0.2) is 0 Å². The van der Waals surface area contributed by atoms with Gasteiger partial charge in [0.2, 0.25) is 7.37 Å². The van der Waals surface area contributed by atoms with Crippen LogP contribution in [-0.2, 0) is 10.7 Å². The van der Waals surface area contributed by atoms with E-state index in [1.807, 2.05) is 19.9 Å². The predicted molar refractivity (Wildman–Crippen MR) is 74.0 cm³/mol. The molecule has 18 heavy (non-hydrogen) atoms. The van der Waals surface area contributed by atoms with Crippen molar-refractivity contribution >= 4 is 7.37 Å². The summed E-state index contributed by atoms with van der Waals surface area (Å²) in [5, 5.41) is 0. The summed E-state index contributed by atoms with van der Waals surface area (Å²) < 4.78 is 17.3. The van der Waals surface area contributed by atoms with E-state index in [4.69, 9.17) is 11.2 Å². The SMILES string of the molecule is C#CCOc1cccc(CP(=O)(O)CC(C)C)c1. The molecule has 1 unspecified atom stereocenters. The fraction of sp³-hybridized carbons (Fsp3) is 0.429. The van der Waals surface area contributed by atoms with Crippen molar-refractivity contribution in [1.29, 1.82) is 0 Å². The van der Waals surface area contributed by atoms with Gasteiger partial charge in [-0.15, -0.1) is 6.42 Å². The molecule has 0 saturated heterocycles. The fourth-order valence-electron chi connectivity index (χ4n) is 1.78. The highest BCUT2D eigenvalue weighted by Gasteiger charge is 2.20. The zero-order valence-corrected chi connectivity index (χ0v) is 11.7. The van der Waals surface area contributed by atoms with Crippen molar-refractivity contribution < 1.29 is 14.2 Å². The third-order valence-electron chi connectivity index (χ3n) is 2.30. The zero-order valence-electron chi connectivity index (χ0n) is 10.8. The van der Waals surface area contributed by atoms with Crippen molar-refractivity contribution in [2.24, 2.45) is 5.92 Å². The van der Waals surface area contributed by atoms with Crippen LogP contribution in [0.3, 0.4) is 0 Å². The van der Waals surface area contributed by atoms with Crippen LogP contribution < -0.4 is 4.74 Å². The molecule has 0 saturated carbocycles. The minimum Gasteiger partial charge on any atom is -0.481 e. The van der Waals surface area contributed by atoms with E-state index in [9.17, 15) is 9.46 Å². The maximum Gasteiger partial charge on any atom is 0.205 e. The number of hydrogen-bond donors (Lipinski definition) is 1. The molecule has 0 amide bonds. The lowest BCUT2D eigenvalue weighted by Crippen LogP contribution is -2.00. The largest absolute Gasteiger partial charge is 0.481 e. The number of rotatable bonds is 6. The zero-order chi connectivity index (χ0) is 13.6. The van der Waals surface area contributed by atoms with E-state index in [0.717, 1.165) is 5.56 Å². The lowest BCUT2D eigenvalue weighted by atomic mass is 10.2. The molecule has 1 rings (SSSR count). The summed E-state index contributed by atoms with van der Waals surface area (Å²) in [4.78, 5) is 9.89. The van der Waals surface area contributed by atoms with Gasteiger partial charge < -0.3 is 9.63 Å². The first kappa shape index (κ1) is 14.8. The summed E-state index contributed by atoms with van der Waals surface area (Å²) in [6, 6.07) is 7.18. The standard InChI is InChI=1S/C14H19O3P/c1-4-8-17-14-7-5-6-13(9-14)11-18(15,16)10-12(2)3/h1,5-7,9,12H,8,10-11H2,2-3H3,(H,15,16). The average Bonchev–Trinajstić information content (AvgIpc) is 2.24. The Balaban J connectivity index is 2.73. The van der Waals surface area contributed by atoms with Gasteiger partial charge in [-0.05, 0) is 23.6 Å². The van der Waals surface area contributed by atoms with Crippen LogP contribution in [0.1, 0.15) is 19.4 Å². The van der Waals surface area contributed by atoms with E-state index in [2.05, 4.69) is 5.92 Å². The summed E-state index contributed by atoms with van der Waals surface area (Å²) in [7, 11) is -3.11. The number of ether oxygens (including phenoxy) is 1. The molecule has 0 aliphatic rings. The monoisotopic (exact) mass is 266 g/mol. The second-order valence-corrected chi connectivity index (χ2v) is 7.10. The van der Waals surface area contributed by atoms with Gasteiger partial charge >= 0.3 is 0 Å². The Kier molecular flexibility index (Phi) is 5.47. The Morgan fingerprint density at radius 1 is 1.50 bits per heavy atom. The molecule has 0 aliphatic carbocycles. The summed E-state index contributed by atoms with van der Waals surface area (Å²) in [6.45, 7) is 4.08. The van der Waals surface area contributed by atoms with Crippen molar-refractivity contribution in [2.45, 2.75) is 20.0 Å². The van der Waals surface area contributed by atoms with Crippen LogP contribution in [0.15, 0.2) is 24.3 Å². The Labute approximate surface area is 109 Å². The molecule has 1 atom stereocenters. The van der Waals surface area contributed by atoms with Gasteiger partial charge in [0.25, 0.3) is 0 Å². The normalized spacial score (nSPS) is 13.9. The summed E-state index contributed by atoms with van der Waals surface area (Å²) in [5.41, 5.74) is 0.802. The molecule has 0 fully saturated rings. The van der Waals surface area contributed by atoms with Crippen molar-refractivity contribution in [3.05, 3.63) is 29.8 Å². The molecule has 98 valence electrons. The molecule has 0 heterocycles. The number of hydrogen-bond acceptors (Lipinski definition) is 2. The van der Waals surface area contributed by atoms with Crippen LogP contribution in [0.2, 0.25) is 0 Å². The van der Waals surface area contributed by atoms with E-state index >= 15 is 0 Å². The quantitative estimate of drug-likeness (QED) is 0.635. The molecule has 0 radical (unpaired) electrons. The minimum atomic E-state index is -3.11. The number of benzene rings is 1. The van der Waals surface area contributed by atoms with E-state index in [0.29, 0.717) is 11.9 Å². The Hall–Kier alpha value is -1.23. The summed E-state index contributed by atoms with van der Waals surface area (Å²) in [6.07, 6.45) is 5.63. The molecule has 0 bridgehead atoms. The molecule has 1 N–H and O–H groups in total. The molecular formula is C14H19O3P. The third-order valence-corrected chi connectivity index (χ3v) is 4.46. The second-order valence-electron chi connectivity index (χ2n) is 4.72. The predicted octanol–water partition coefficient (Wildman–Crippen LogP) is 3.13. The van der Waals surface area contributed by atoms with Crippen LogP contribution in [0.5, 0.6) is 5.75 Å². The van der Waals surface area contributed by atoms with Gasteiger partial charge in [0.15, 0.2) is 0 Å². The van der Waals surface area contributed by atoms with E-state index in [-0.39, 0.29) is 18.7 Å². The van der Waals surface area contributed by atoms with Gasteiger partial charge in [-0.3, -0.25) is 4.57 Å². The topological polar surface area (TPSA) is 46.5 Å². The smallest absolute Gasteiger partial charge is 0.205 e. The van der Waals surface area contributed by atoms with Crippen LogP contribution >= 0.6 is 7.37 Å². The molecule has 0 spiro atoms. The Bertz CT molecular complexity index is 474. The summed E-state index contributed by atoms with van der Waals surface area (Å²) >= 11 is 0. The fourth-order valence-corrected chi connectivity index (χ4v) is 3.82. The second kappa shape index (κ2) is 6.64. The van der Waals surface area contributed by atoms with Crippen molar-refractivity contribution in [1.82, 2.24) is 0 Å². The summed E-state index contributed by atoms with van der Waals surface area (Å²) in [5.74, 6) is 3.23. The Morgan fingerprint density at radius 3 is 2.83 bits per heavy atom. The van der Waals surface area contributed by atoms with Gasteiger partial charge in [0.05, 0.1) is 0 Å². The van der Waals surface area contributed by atoms with Gasteiger partial charge in [-0.1, -0.05) is 31.9 Å². The first-order valence-electron chi connectivity index (χ1n) is 5.89. The first-order chi connectivity index (χ1) is 8.43. The molecule has 1 aromatic carbocycles. The van der Waals surface area contributed by atoms with Crippen molar-refractivity contribution in [2.75, 3.05) is 12.8 Å². The van der Waals surface area contributed by atoms with E-state index in [1.165, 1.54) is 0 Å². The molecule has 4 heteroatoms. The highest BCUT2D eigenvalue weighted by atomic mass is 31.2. The van der Waals surface area contributed by atoms with Gasteiger partial charge in [-0.2, -0.15) is 0 Å². The van der Waals surface area contributed by atoms with E-state index in [1.54, 1.807) is 18.2 Å². The van der Waals surface area contributed by atoms with Crippen LogP contribution in [0.4, 0.5) is 0 Å². The lowest BCUT2D eigenvalue weighted by Gasteiger charge is -2.14. The average molecular weight is 266 g/mol. The molecule has 1 aromatic rings. The number of terminal acetylenes is 1. The first-order valence-corrected chi connectivity index (χ1v) is 7.92. The molecule has 0 aromatic heterocycles. The van der Waals surface area contributed by atoms with E-state index < -0.39 is 7.37 Å². The molecule has 3 nitrogen and oxygen atoms in total.